The standard InChI is InChI=1S/C13H28N2Si/c1-13(2,3)14-11-15-10-8-7-9-12(15)16(4,5)6/h11-12H,7-10H2,1-6H3. The van der Waals surface area contributed by atoms with Gasteiger partial charge in [0.05, 0.1) is 20.0 Å². The first-order valence-electron chi connectivity index (χ1n) is 6.51. The lowest BCUT2D eigenvalue weighted by atomic mass is 10.1. The summed E-state index contributed by atoms with van der Waals surface area (Å²) in [5.74, 6) is 0. The summed E-state index contributed by atoms with van der Waals surface area (Å²) in [5, 5.41) is 0. The van der Waals surface area contributed by atoms with Gasteiger partial charge in [0, 0.05) is 12.2 Å². The van der Waals surface area contributed by atoms with Crippen molar-refractivity contribution in [3.05, 3.63) is 0 Å². The fourth-order valence-corrected chi connectivity index (χ4v) is 4.53. The van der Waals surface area contributed by atoms with E-state index in [2.05, 4.69) is 56.6 Å². The van der Waals surface area contributed by atoms with E-state index < -0.39 is 8.07 Å². The highest BCUT2D eigenvalue weighted by Gasteiger charge is 2.32. The number of hydrogen-bond acceptors (Lipinski definition) is 1. The second kappa shape index (κ2) is 4.90. The molecule has 0 saturated carbocycles. The topological polar surface area (TPSA) is 15.6 Å². The average Bonchev–Trinajstić information content (AvgIpc) is 2.12. The van der Waals surface area contributed by atoms with Gasteiger partial charge in [0.1, 0.15) is 0 Å². The quantitative estimate of drug-likeness (QED) is 0.409. The van der Waals surface area contributed by atoms with Crippen molar-refractivity contribution < 1.29 is 0 Å². The van der Waals surface area contributed by atoms with Crippen LogP contribution in [0.2, 0.25) is 19.6 Å². The highest BCUT2D eigenvalue weighted by molar-refractivity contribution is 6.77. The molecule has 0 aromatic carbocycles. The summed E-state index contributed by atoms with van der Waals surface area (Å²) in [6.07, 6.45) is 6.22. The molecule has 1 aliphatic rings. The molecule has 94 valence electrons. The summed E-state index contributed by atoms with van der Waals surface area (Å²) in [6, 6.07) is 0. The number of piperidine rings is 1. The molecule has 0 bridgehead atoms. The maximum absolute atomic E-state index is 4.67. The third kappa shape index (κ3) is 4.28. The van der Waals surface area contributed by atoms with Crippen molar-refractivity contribution in [1.82, 2.24) is 4.90 Å². The molecule has 0 aliphatic carbocycles. The molecule has 0 amide bonds. The van der Waals surface area contributed by atoms with E-state index in [1.807, 2.05) is 0 Å². The van der Waals surface area contributed by atoms with Crippen molar-refractivity contribution in [2.75, 3.05) is 6.54 Å². The molecule has 3 heteroatoms. The minimum absolute atomic E-state index is 0.0570. The van der Waals surface area contributed by atoms with Gasteiger partial charge in [-0.3, -0.25) is 4.99 Å². The molecule has 0 N–H and O–H groups in total. The van der Waals surface area contributed by atoms with E-state index in [0.717, 1.165) is 5.67 Å². The van der Waals surface area contributed by atoms with E-state index in [9.17, 15) is 0 Å². The maximum atomic E-state index is 4.67. The summed E-state index contributed by atoms with van der Waals surface area (Å²) < 4.78 is 0. The second-order valence-electron chi connectivity index (χ2n) is 7.03. The molecule has 1 saturated heterocycles. The number of hydrogen-bond donors (Lipinski definition) is 0. The number of aliphatic imine (C=N–C) groups is 1. The van der Waals surface area contributed by atoms with E-state index in [4.69, 9.17) is 0 Å². The molecule has 0 aromatic heterocycles. The first-order valence-corrected chi connectivity index (χ1v) is 10.1. The molecular formula is C13H28N2Si. The molecule has 1 atom stereocenters. The first-order chi connectivity index (χ1) is 7.20. The van der Waals surface area contributed by atoms with Gasteiger partial charge in [0.2, 0.25) is 0 Å². The van der Waals surface area contributed by atoms with Gasteiger partial charge in [-0.25, -0.2) is 0 Å². The van der Waals surface area contributed by atoms with Crippen molar-refractivity contribution in [1.29, 1.82) is 0 Å². The van der Waals surface area contributed by atoms with Crippen molar-refractivity contribution >= 4 is 14.4 Å². The van der Waals surface area contributed by atoms with E-state index in [1.54, 1.807) is 0 Å². The zero-order valence-electron chi connectivity index (χ0n) is 11.9. The Hall–Kier alpha value is -0.313. The lowest BCUT2D eigenvalue weighted by molar-refractivity contribution is 0.304. The molecule has 1 aliphatic heterocycles. The molecule has 1 heterocycles. The van der Waals surface area contributed by atoms with Crippen LogP contribution in [0, 0.1) is 0 Å². The summed E-state index contributed by atoms with van der Waals surface area (Å²) in [6.45, 7) is 15.1. The summed E-state index contributed by atoms with van der Waals surface area (Å²) in [5.41, 5.74) is 0.842. The molecule has 1 fully saturated rings. The van der Waals surface area contributed by atoms with E-state index >= 15 is 0 Å². The van der Waals surface area contributed by atoms with Crippen LogP contribution >= 0.6 is 0 Å². The average molecular weight is 240 g/mol. The van der Waals surface area contributed by atoms with Crippen LogP contribution < -0.4 is 0 Å². The van der Waals surface area contributed by atoms with Crippen LogP contribution in [0.1, 0.15) is 40.0 Å². The molecule has 0 aromatic rings. The third-order valence-corrected chi connectivity index (χ3v) is 5.76. The minimum Gasteiger partial charge on any atom is -0.363 e. The monoisotopic (exact) mass is 240 g/mol. The Labute approximate surface area is 102 Å². The fraction of sp³-hybridized carbons (Fsp3) is 0.923. The highest BCUT2D eigenvalue weighted by Crippen LogP contribution is 2.24. The summed E-state index contributed by atoms with van der Waals surface area (Å²) >= 11 is 0. The van der Waals surface area contributed by atoms with Crippen LogP contribution in [0.3, 0.4) is 0 Å². The lowest BCUT2D eigenvalue weighted by Crippen LogP contribution is -2.53. The van der Waals surface area contributed by atoms with Crippen LogP contribution in [-0.2, 0) is 0 Å². The number of likely N-dealkylation sites (tertiary alicyclic amines) is 1. The van der Waals surface area contributed by atoms with Crippen molar-refractivity contribution in [2.24, 2.45) is 4.99 Å². The van der Waals surface area contributed by atoms with Crippen molar-refractivity contribution in [3.63, 3.8) is 0 Å². The Kier molecular flexibility index (Phi) is 4.21. The zero-order valence-corrected chi connectivity index (χ0v) is 12.9. The molecule has 1 rings (SSSR count). The van der Waals surface area contributed by atoms with Gasteiger partial charge in [-0.2, -0.15) is 0 Å². The predicted octanol–water partition coefficient (Wildman–Crippen LogP) is 3.55. The Morgan fingerprint density at radius 2 is 1.81 bits per heavy atom. The van der Waals surface area contributed by atoms with Gasteiger partial charge in [-0.15, -0.1) is 0 Å². The molecule has 0 spiro atoms. The highest BCUT2D eigenvalue weighted by atomic mass is 28.3. The van der Waals surface area contributed by atoms with E-state index in [0.29, 0.717) is 0 Å². The van der Waals surface area contributed by atoms with Crippen LogP contribution in [0.15, 0.2) is 4.99 Å². The van der Waals surface area contributed by atoms with Gasteiger partial charge < -0.3 is 4.90 Å². The van der Waals surface area contributed by atoms with Crippen LogP contribution in [0.4, 0.5) is 0 Å². The summed E-state index contributed by atoms with van der Waals surface area (Å²) in [7, 11) is -1.08. The Morgan fingerprint density at radius 1 is 1.19 bits per heavy atom. The molecule has 2 nitrogen and oxygen atoms in total. The van der Waals surface area contributed by atoms with E-state index in [-0.39, 0.29) is 5.54 Å². The number of nitrogens with zero attached hydrogens (tertiary/aromatic N) is 2. The van der Waals surface area contributed by atoms with Gasteiger partial charge >= 0.3 is 0 Å². The molecular weight excluding hydrogens is 212 g/mol. The number of rotatable bonds is 2. The summed E-state index contributed by atoms with van der Waals surface area (Å²) in [4.78, 5) is 7.18. The maximum Gasteiger partial charge on any atom is 0.0856 e. The lowest BCUT2D eigenvalue weighted by Gasteiger charge is -2.41. The van der Waals surface area contributed by atoms with Crippen LogP contribution in [0.5, 0.6) is 0 Å². The van der Waals surface area contributed by atoms with Gasteiger partial charge in [0.15, 0.2) is 0 Å². The first kappa shape index (κ1) is 13.8. The Morgan fingerprint density at radius 3 is 2.31 bits per heavy atom. The van der Waals surface area contributed by atoms with Crippen molar-refractivity contribution in [3.8, 4) is 0 Å². The Bertz CT molecular complexity index is 248. The predicted molar refractivity (Wildman–Crippen MR) is 75.9 cm³/mol. The van der Waals surface area contributed by atoms with Crippen LogP contribution in [-0.4, -0.2) is 37.1 Å². The van der Waals surface area contributed by atoms with Crippen LogP contribution in [0.25, 0.3) is 0 Å². The largest absolute Gasteiger partial charge is 0.363 e. The normalized spacial score (nSPS) is 24.1. The molecule has 0 radical (unpaired) electrons. The third-order valence-electron chi connectivity index (χ3n) is 3.14. The SMILES string of the molecule is CC(C)(C)N=CN1CCCCC1[Si](C)(C)C. The van der Waals surface area contributed by atoms with Gasteiger partial charge in [-0.1, -0.05) is 19.6 Å². The smallest absolute Gasteiger partial charge is 0.0856 e. The van der Waals surface area contributed by atoms with Gasteiger partial charge in [-0.05, 0) is 40.0 Å². The fourth-order valence-electron chi connectivity index (χ4n) is 2.27. The minimum atomic E-state index is -1.08. The van der Waals surface area contributed by atoms with Gasteiger partial charge in [0.25, 0.3) is 0 Å². The molecule has 16 heavy (non-hydrogen) atoms. The zero-order chi connectivity index (χ0) is 12.4. The van der Waals surface area contributed by atoms with Crippen molar-refractivity contribution in [2.45, 2.75) is 70.9 Å². The second-order valence-corrected chi connectivity index (χ2v) is 12.4. The molecule has 1 unspecified atom stereocenters. The Balaban J connectivity index is 2.72. The van der Waals surface area contributed by atoms with E-state index in [1.165, 1.54) is 25.8 Å².